The summed E-state index contributed by atoms with van der Waals surface area (Å²) in [6.45, 7) is 2.92. The van der Waals surface area contributed by atoms with Gasteiger partial charge in [-0.15, -0.1) is 4.40 Å². The van der Waals surface area contributed by atoms with E-state index in [1.807, 2.05) is 0 Å². The van der Waals surface area contributed by atoms with Crippen LogP contribution in [0, 0.1) is 0 Å². The highest BCUT2D eigenvalue weighted by Gasteiger charge is 2.14. The number of carbonyl (C=O) groups is 3. The predicted octanol–water partition coefficient (Wildman–Crippen LogP) is 0.906. The molecular formula is C14H18N4O5S. The van der Waals surface area contributed by atoms with Crippen LogP contribution in [-0.2, 0) is 25.3 Å². The molecule has 0 saturated heterocycles. The largest absolute Gasteiger partial charge is 0.453 e. The van der Waals surface area contributed by atoms with Gasteiger partial charge in [-0.05, 0) is 12.1 Å². The predicted molar refractivity (Wildman–Crippen MR) is 88.6 cm³/mol. The highest BCUT2D eigenvalue weighted by atomic mass is 32.2. The molecule has 0 saturated carbocycles. The van der Waals surface area contributed by atoms with Crippen molar-refractivity contribution in [2.45, 2.75) is 25.2 Å². The van der Waals surface area contributed by atoms with Gasteiger partial charge in [-0.25, -0.2) is 9.00 Å². The number of guanidine groups is 1. The van der Waals surface area contributed by atoms with E-state index in [0.29, 0.717) is 5.69 Å². The standard InChI is InChI=1S/C14H18N4O5S/c1-4-12(20)16-13(17-14(21)23-3)18-24(22)11-8-6-5-7-10(11)15-9(2)19/h5-8H,4H2,1-3H3,(H,15,19)(H2,16,17,18,20,21). The molecule has 0 bridgehead atoms. The number of benzene rings is 1. The molecule has 0 spiro atoms. The van der Waals surface area contributed by atoms with E-state index in [4.69, 9.17) is 0 Å². The van der Waals surface area contributed by atoms with Crippen LogP contribution in [0.1, 0.15) is 20.3 Å². The number of hydrogen-bond acceptors (Lipinski definition) is 5. The Morgan fingerprint density at radius 2 is 1.88 bits per heavy atom. The molecule has 3 amide bonds. The molecular weight excluding hydrogens is 336 g/mol. The van der Waals surface area contributed by atoms with Gasteiger partial charge in [-0.1, -0.05) is 19.1 Å². The molecule has 0 aliphatic carbocycles. The number of nitrogens with zero attached hydrogens (tertiary/aromatic N) is 1. The number of para-hydroxylation sites is 1. The fraction of sp³-hybridized carbons (Fsp3) is 0.286. The van der Waals surface area contributed by atoms with Crippen molar-refractivity contribution in [2.24, 2.45) is 4.40 Å². The second-order valence-electron chi connectivity index (χ2n) is 4.38. The second-order valence-corrected chi connectivity index (χ2v) is 5.51. The van der Waals surface area contributed by atoms with Gasteiger partial charge in [0, 0.05) is 13.3 Å². The number of alkyl carbamates (subject to hydrolysis) is 1. The molecule has 0 aromatic heterocycles. The number of methoxy groups -OCH3 is 1. The van der Waals surface area contributed by atoms with Crippen molar-refractivity contribution >= 4 is 40.5 Å². The summed E-state index contributed by atoms with van der Waals surface area (Å²) >= 11 is 0. The third-order valence-corrected chi connectivity index (χ3v) is 3.63. The van der Waals surface area contributed by atoms with E-state index in [9.17, 15) is 18.6 Å². The first-order valence-electron chi connectivity index (χ1n) is 6.89. The lowest BCUT2D eigenvalue weighted by Gasteiger charge is -2.10. The zero-order valence-corrected chi connectivity index (χ0v) is 14.2. The number of amides is 3. The number of nitrogens with one attached hydrogen (secondary N) is 3. The summed E-state index contributed by atoms with van der Waals surface area (Å²) in [6, 6.07) is 6.33. The third-order valence-electron chi connectivity index (χ3n) is 2.54. The number of rotatable bonds is 4. The number of ether oxygens (including phenoxy) is 1. The van der Waals surface area contributed by atoms with Crippen molar-refractivity contribution < 1.29 is 23.3 Å². The van der Waals surface area contributed by atoms with E-state index in [-0.39, 0.29) is 23.2 Å². The molecule has 1 aromatic rings. The summed E-state index contributed by atoms with van der Waals surface area (Å²) in [5.41, 5.74) is 0.311. The summed E-state index contributed by atoms with van der Waals surface area (Å²) in [4.78, 5) is 34.2. The van der Waals surface area contributed by atoms with Gasteiger partial charge in [-0.2, -0.15) is 0 Å². The van der Waals surface area contributed by atoms with Crippen LogP contribution >= 0.6 is 0 Å². The van der Waals surface area contributed by atoms with Gasteiger partial charge in [0.2, 0.25) is 17.8 Å². The molecule has 1 aromatic carbocycles. The van der Waals surface area contributed by atoms with Crippen molar-refractivity contribution in [3.63, 3.8) is 0 Å². The van der Waals surface area contributed by atoms with E-state index in [1.54, 1.807) is 25.1 Å². The Hall–Kier alpha value is -2.75. The van der Waals surface area contributed by atoms with Crippen LogP contribution in [0.4, 0.5) is 10.5 Å². The first-order valence-corrected chi connectivity index (χ1v) is 8.00. The quantitative estimate of drug-likeness (QED) is 0.547. The minimum Gasteiger partial charge on any atom is -0.453 e. The molecule has 0 fully saturated rings. The number of anilines is 1. The SMILES string of the molecule is CCC(=O)NC(=NS(=O)c1ccccc1NC(C)=O)NC(=O)OC. The van der Waals surface area contributed by atoms with Crippen molar-refractivity contribution in [3.8, 4) is 0 Å². The average molecular weight is 354 g/mol. The van der Waals surface area contributed by atoms with Crippen molar-refractivity contribution in [3.05, 3.63) is 24.3 Å². The normalized spacial score (nSPS) is 12.0. The van der Waals surface area contributed by atoms with E-state index >= 15 is 0 Å². The number of carbonyl (C=O) groups excluding carboxylic acids is 3. The van der Waals surface area contributed by atoms with Gasteiger partial charge < -0.3 is 10.1 Å². The summed E-state index contributed by atoms with van der Waals surface area (Å²) in [5, 5.41) is 7.01. The Bertz CT molecular complexity index is 669. The Labute approximate surface area is 141 Å². The summed E-state index contributed by atoms with van der Waals surface area (Å²) in [7, 11) is -0.853. The smallest absolute Gasteiger partial charge is 0.413 e. The molecule has 0 heterocycles. The average Bonchev–Trinajstić information content (AvgIpc) is 2.54. The van der Waals surface area contributed by atoms with Crippen LogP contribution in [0.5, 0.6) is 0 Å². The van der Waals surface area contributed by atoms with Crippen LogP contribution in [0.3, 0.4) is 0 Å². The molecule has 3 N–H and O–H groups in total. The molecule has 10 heteroatoms. The van der Waals surface area contributed by atoms with E-state index in [2.05, 4.69) is 25.1 Å². The Balaban J connectivity index is 3.12. The maximum atomic E-state index is 12.4. The fourth-order valence-electron chi connectivity index (χ4n) is 1.49. The van der Waals surface area contributed by atoms with Gasteiger partial charge in [0.25, 0.3) is 0 Å². The third kappa shape index (κ3) is 6.16. The molecule has 0 aliphatic rings. The Kier molecular flexibility index (Phi) is 7.56. The van der Waals surface area contributed by atoms with Crippen LogP contribution < -0.4 is 16.0 Å². The lowest BCUT2D eigenvalue weighted by atomic mass is 10.3. The van der Waals surface area contributed by atoms with Gasteiger partial charge >= 0.3 is 6.09 Å². The van der Waals surface area contributed by atoms with Gasteiger partial charge in [0.1, 0.15) is 0 Å². The second kappa shape index (κ2) is 9.40. The zero-order valence-electron chi connectivity index (χ0n) is 13.4. The summed E-state index contributed by atoms with van der Waals surface area (Å²) in [5.74, 6) is -1.09. The molecule has 24 heavy (non-hydrogen) atoms. The Morgan fingerprint density at radius 1 is 1.21 bits per heavy atom. The maximum Gasteiger partial charge on any atom is 0.413 e. The van der Waals surface area contributed by atoms with E-state index in [0.717, 1.165) is 7.11 Å². The van der Waals surface area contributed by atoms with Crippen molar-refractivity contribution in [1.82, 2.24) is 10.6 Å². The molecule has 1 atom stereocenters. The lowest BCUT2D eigenvalue weighted by molar-refractivity contribution is -0.119. The summed E-state index contributed by atoms with van der Waals surface area (Å²) in [6.07, 6.45) is -0.742. The highest BCUT2D eigenvalue weighted by molar-refractivity contribution is 7.84. The number of hydrogen-bond donors (Lipinski definition) is 3. The first kappa shape index (κ1) is 19.3. The highest BCUT2D eigenvalue weighted by Crippen LogP contribution is 2.19. The minimum atomic E-state index is -1.99. The molecule has 9 nitrogen and oxygen atoms in total. The van der Waals surface area contributed by atoms with Crippen molar-refractivity contribution in [2.75, 3.05) is 12.4 Å². The monoisotopic (exact) mass is 354 g/mol. The molecule has 0 aliphatic heterocycles. The zero-order chi connectivity index (χ0) is 18.1. The summed E-state index contributed by atoms with van der Waals surface area (Å²) < 4.78 is 20.6. The minimum absolute atomic E-state index is 0.136. The molecule has 1 unspecified atom stereocenters. The topological polar surface area (TPSA) is 126 Å². The first-order chi connectivity index (χ1) is 11.4. The maximum absolute atomic E-state index is 12.4. The molecule has 1 rings (SSSR count). The lowest BCUT2D eigenvalue weighted by Crippen LogP contribution is -2.43. The molecule has 130 valence electrons. The fourth-order valence-corrected chi connectivity index (χ4v) is 2.35. The van der Waals surface area contributed by atoms with Gasteiger partial charge in [0.05, 0.1) is 17.7 Å². The van der Waals surface area contributed by atoms with Crippen LogP contribution in [0.2, 0.25) is 0 Å². The van der Waals surface area contributed by atoms with E-state index < -0.39 is 23.0 Å². The van der Waals surface area contributed by atoms with Crippen LogP contribution in [-0.4, -0.2) is 35.2 Å². The van der Waals surface area contributed by atoms with Gasteiger partial charge in [-0.3, -0.25) is 20.2 Å². The Morgan fingerprint density at radius 3 is 2.46 bits per heavy atom. The van der Waals surface area contributed by atoms with Gasteiger partial charge in [0.15, 0.2) is 11.0 Å². The van der Waals surface area contributed by atoms with Crippen molar-refractivity contribution in [1.29, 1.82) is 0 Å². The molecule has 0 radical (unpaired) electrons. The van der Waals surface area contributed by atoms with Crippen LogP contribution in [0.25, 0.3) is 0 Å². The van der Waals surface area contributed by atoms with Crippen LogP contribution in [0.15, 0.2) is 33.6 Å². The van der Waals surface area contributed by atoms with E-state index in [1.165, 1.54) is 13.0 Å².